The highest BCUT2D eigenvalue weighted by atomic mass is 16.2. The van der Waals surface area contributed by atoms with E-state index >= 15 is 0 Å². The Balaban J connectivity index is 2.05. The van der Waals surface area contributed by atoms with Crippen molar-refractivity contribution in [2.45, 2.75) is 12.8 Å². The maximum absolute atomic E-state index is 12.0. The third-order valence-electron chi connectivity index (χ3n) is 3.10. The number of hydrogen-bond donors (Lipinski definition) is 0. The Kier molecular flexibility index (Phi) is 4.52. The summed E-state index contributed by atoms with van der Waals surface area (Å²) in [6.45, 7) is 1.53. The van der Waals surface area contributed by atoms with Gasteiger partial charge in [0.25, 0.3) is 5.91 Å². The van der Waals surface area contributed by atoms with Crippen molar-refractivity contribution in [1.82, 2.24) is 4.90 Å². The molecule has 0 unspecified atom stereocenters. The molecule has 1 amide bonds. The van der Waals surface area contributed by atoms with Gasteiger partial charge in [-0.25, -0.2) is 0 Å². The van der Waals surface area contributed by atoms with E-state index in [4.69, 9.17) is 5.26 Å². The second kappa shape index (κ2) is 6.55. The van der Waals surface area contributed by atoms with Crippen molar-refractivity contribution in [2.75, 3.05) is 13.1 Å². The lowest BCUT2D eigenvalue weighted by molar-refractivity contribution is -0.125. The molecule has 0 radical (unpaired) electrons. The summed E-state index contributed by atoms with van der Waals surface area (Å²) in [6.07, 6.45) is 7.29. The number of hydrogen-bond acceptors (Lipinski definition) is 2. The van der Waals surface area contributed by atoms with Crippen molar-refractivity contribution >= 4 is 12.0 Å². The van der Waals surface area contributed by atoms with Gasteiger partial charge in [-0.2, -0.15) is 5.26 Å². The van der Waals surface area contributed by atoms with Crippen LogP contribution in [0, 0.1) is 11.3 Å². The minimum absolute atomic E-state index is 0.155. The van der Waals surface area contributed by atoms with Crippen LogP contribution in [0.15, 0.2) is 48.1 Å². The Morgan fingerprint density at radius 3 is 2.53 bits per heavy atom. The van der Waals surface area contributed by atoms with Crippen LogP contribution < -0.4 is 0 Å². The topological polar surface area (TPSA) is 44.1 Å². The third kappa shape index (κ3) is 3.56. The molecule has 3 nitrogen and oxygen atoms in total. The van der Waals surface area contributed by atoms with Crippen molar-refractivity contribution < 1.29 is 4.79 Å². The average molecular weight is 252 g/mol. The molecule has 1 fully saturated rings. The van der Waals surface area contributed by atoms with Crippen LogP contribution in [0.1, 0.15) is 18.4 Å². The number of nitriles is 1. The van der Waals surface area contributed by atoms with Gasteiger partial charge in [0.1, 0.15) is 11.6 Å². The third-order valence-corrected chi connectivity index (χ3v) is 3.10. The summed E-state index contributed by atoms with van der Waals surface area (Å²) in [5.74, 6) is -0.155. The van der Waals surface area contributed by atoms with Gasteiger partial charge in [0.2, 0.25) is 0 Å². The Hall–Kier alpha value is -2.34. The second-order valence-electron chi connectivity index (χ2n) is 4.46. The van der Waals surface area contributed by atoms with E-state index in [9.17, 15) is 4.79 Å². The van der Waals surface area contributed by atoms with Crippen LogP contribution in [0.3, 0.4) is 0 Å². The van der Waals surface area contributed by atoms with Crippen molar-refractivity contribution in [3.05, 3.63) is 53.6 Å². The van der Waals surface area contributed by atoms with E-state index in [1.807, 2.05) is 42.5 Å². The number of likely N-dealkylation sites (tertiary alicyclic amines) is 1. The molecular formula is C16H16N2O. The largest absolute Gasteiger partial charge is 0.338 e. The molecule has 0 spiro atoms. The Bertz CT molecular complexity index is 532. The number of nitrogens with zero attached hydrogens (tertiary/aromatic N) is 2. The van der Waals surface area contributed by atoms with Crippen LogP contribution in [0.4, 0.5) is 0 Å². The van der Waals surface area contributed by atoms with Crippen molar-refractivity contribution in [3.8, 4) is 6.07 Å². The summed E-state index contributed by atoms with van der Waals surface area (Å²) in [5.41, 5.74) is 1.25. The first kappa shape index (κ1) is 13.1. The van der Waals surface area contributed by atoms with Gasteiger partial charge < -0.3 is 4.90 Å². The van der Waals surface area contributed by atoms with Crippen LogP contribution >= 0.6 is 0 Å². The number of rotatable bonds is 3. The molecule has 0 atom stereocenters. The highest BCUT2D eigenvalue weighted by Gasteiger charge is 2.20. The molecule has 1 aromatic carbocycles. The molecule has 1 aliphatic rings. The first-order chi connectivity index (χ1) is 9.31. The van der Waals surface area contributed by atoms with E-state index in [0.29, 0.717) is 0 Å². The van der Waals surface area contributed by atoms with Gasteiger partial charge in [-0.1, -0.05) is 42.5 Å². The highest BCUT2D eigenvalue weighted by Crippen LogP contribution is 2.11. The number of benzene rings is 1. The van der Waals surface area contributed by atoms with Gasteiger partial charge in [0, 0.05) is 13.1 Å². The fourth-order valence-corrected chi connectivity index (χ4v) is 2.07. The quantitative estimate of drug-likeness (QED) is 0.471. The van der Waals surface area contributed by atoms with E-state index in [1.54, 1.807) is 17.1 Å². The molecule has 3 heteroatoms. The maximum Gasteiger partial charge on any atom is 0.264 e. The lowest BCUT2D eigenvalue weighted by Crippen LogP contribution is -2.28. The molecule has 1 aliphatic heterocycles. The van der Waals surface area contributed by atoms with Crippen LogP contribution in [-0.2, 0) is 4.79 Å². The molecule has 0 aromatic heterocycles. The van der Waals surface area contributed by atoms with Gasteiger partial charge >= 0.3 is 0 Å². The smallest absolute Gasteiger partial charge is 0.264 e. The van der Waals surface area contributed by atoms with E-state index in [1.165, 1.54) is 0 Å². The van der Waals surface area contributed by atoms with Crippen LogP contribution in [0.25, 0.3) is 6.08 Å². The molecule has 96 valence electrons. The first-order valence-electron chi connectivity index (χ1n) is 6.44. The van der Waals surface area contributed by atoms with E-state index < -0.39 is 0 Å². The minimum atomic E-state index is -0.155. The summed E-state index contributed by atoms with van der Waals surface area (Å²) in [6, 6.07) is 11.8. The molecule has 0 bridgehead atoms. The SMILES string of the molecule is N#CC(=CC=Cc1ccccc1)C(=O)N1CCCC1. The van der Waals surface area contributed by atoms with E-state index in [-0.39, 0.29) is 11.5 Å². The molecular weight excluding hydrogens is 236 g/mol. The lowest BCUT2D eigenvalue weighted by Gasteiger charge is -2.13. The Morgan fingerprint density at radius 2 is 1.89 bits per heavy atom. The van der Waals surface area contributed by atoms with Gasteiger partial charge in [0.15, 0.2) is 0 Å². The van der Waals surface area contributed by atoms with Gasteiger partial charge in [-0.15, -0.1) is 0 Å². The molecule has 19 heavy (non-hydrogen) atoms. The van der Waals surface area contributed by atoms with Crippen molar-refractivity contribution in [2.24, 2.45) is 0 Å². The van der Waals surface area contributed by atoms with E-state index in [0.717, 1.165) is 31.5 Å². The first-order valence-corrected chi connectivity index (χ1v) is 6.44. The molecule has 0 saturated carbocycles. The van der Waals surface area contributed by atoms with Crippen LogP contribution in [-0.4, -0.2) is 23.9 Å². The summed E-state index contributed by atoms with van der Waals surface area (Å²) in [7, 11) is 0. The molecule has 2 rings (SSSR count). The molecule has 1 heterocycles. The number of allylic oxidation sites excluding steroid dienone is 2. The zero-order valence-electron chi connectivity index (χ0n) is 10.7. The zero-order valence-corrected chi connectivity index (χ0v) is 10.7. The second-order valence-corrected chi connectivity index (χ2v) is 4.46. The van der Waals surface area contributed by atoms with Crippen LogP contribution in [0.2, 0.25) is 0 Å². The zero-order chi connectivity index (χ0) is 13.5. The maximum atomic E-state index is 12.0. The molecule has 1 saturated heterocycles. The monoisotopic (exact) mass is 252 g/mol. The fraction of sp³-hybridized carbons (Fsp3) is 0.250. The minimum Gasteiger partial charge on any atom is -0.338 e. The normalized spacial score (nSPS) is 15.7. The Morgan fingerprint density at radius 1 is 1.21 bits per heavy atom. The van der Waals surface area contributed by atoms with Crippen LogP contribution in [0.5, 0.6) is 0 Å². The van der Waals surface area contributed by atoms with Crippen molar-refractivity contribution in [3.63, 3.8) is 0 Å². The highest BCUT2D eigenvalue weighted by molar-refractivity contribution is 5.97. The van der Waals surface area contributed by atoms with Gasteiger partial charge in [-0.3, -0.25) is 4.79 Å². The molecule has 0 N–H and O–H groups in total. The predicted octanol–water partition coefficient (Wildman–Crippen LogP) is 2.77. The summed E-state index contributed by atoms with van der Waals surface area (Å²) < 4.78 is 0. The molecule has 1 aromatic rings. The Labute approximate surface area is 113 Å². The summed E-state index contributed by atoms with van der Waals surface area (Å²) >= 11 is 0. The van der Waals surface area contributed by atoms with Crippen molar-refractivity contribution in [1.29, 1.82) is 5.26 Å². The standard InChI is InChI=1S/C16H16N2O/c17-13-15(16(19)18-11-4-5-12-18)10-6-9-14-7-2-1-3-8-14/h1-3,6-10H,4-5,11-12H2. The van der Waals surface area contributed by atoms with Gasteiger partial charge in [-0.05, 0) is 24.5 Å². The fourth-order valence-electron chi connectivity index (χ4n) is 2.07. The number of amides is 1. The number of carbonyl (C=O) groups is 1. The lowest BCUT2D eigenvalue weighted by atomic mass is 10.2. The summed E-state index contributed by atoms with van der Waals surface area (Å²) in [4.78, 5) is 13.8. The molecule has 0 aliphatic carbocycles. The van der Waals surface area contributed by atoms with Gasteiger partial charge in [0.05, 0.1) is 0 Å². The predicted molar refractivity (Wildman–Crippen MR) is 75.0 cm³/mol. The number of carbonyl (C=O) groups excluding carboxylic acids is 1. The summed E-state index contributed by atoms with van der Waals surface area (Å²) in [5, 5.41) is 9.05. The average Bonchev–Trinajstić information content (AvgIpc) is 2.98. The van der Waals surface area contributed by atoms with E-state index in [2.05, 4.69) is 0 Å².